The standard InChI is InChI=1S/C16H18N4O/c1-21-14-7-5-13(6-8-14)12-17-10-9-16-19-18-15-4-2-3-11-20(15)16/h2-8,11,17H,9-10,12H2,1H3. The Bertz CT molecular complexity index is 706. The quantitative estimate of drug-likeness (QED) is 0.703. The van der Waals surface area contributed by atoms with Gasteiger partial charge in [0.25, 0.3) is 0 Å². The van der Waals surface area contributed by atoms with E-state index in [4.69, 9.17) is 4.74 Å². The number of pyridine rings is 1. The van der Waals surface area contributed by atoms with E-state index < -0.39 is 0 Å². The van der Waals surface area contributed by atoms with Crippen molar-refractivity contribution < 1.29 is 4.74 Å². The SMILES string of the molecule is COc1ccc(CNCCc2nnc3ccccn23)cc1. The Labute approximate surface area is 123 Å². The lowest BCUT2D eigenvalue weighted by Gasteiger charge is -2.05. The van der Waals surface area contributed by atoms with Gasteiger partial charge >= 0.3 is 0 Å². The summed E-state index contributed by atoms with van der Waals surface area (Å²) in [7, 11) is 1.68. The Morgan fingerprint density at radius 1 is 1.10 bits per heavy atom. The van der Waals surface area contributed by atoms with Crippen molar-refractivity contribution in [2.75, 3.05) is 13.7 Å². The molecule has 0 bridgehead atoms. The zero-order valence-electron chi connectivity index (χ0n) is 12.0. The summed E-state index contributed by atoms with van der Waals surface area (Å²) in [5.74, 6) is 1.86. The summed E-state index contributed by atoms with van der Waals surface area (Å²) < 4.78 is 7.17. The summed E-state index contributed by atoms with van der Waals surface area (Å²) in [6.45, 7) is 1.70. The normalized spacial score (nSPS) is 10.9. The molecule has 0 aliphatic heterocycles. The molecule has 3 rings (SSSR count). The molecule has 0 unspecified atom stereocenters. The first kappa shape index (κ1) is 13.6. The molecule has 0 fully saturated rings. The van der Waals surface area contributed by atoms with Crippen LogP contribution in [0, 0.1) is 0 Å². The zero-order valence-corrected chi connectivity index (χ0v) is 12.0. The summed E-state index contributed by atoms with van der Waals surface area (Å²) in [5, 5.41) is 11.8. The first-order valence-electron chi connectivity index (χ1n) is 6.99. The fraction of sp³-hybridized carbons (Fsp3) is 0.250. The third kappa shape index (κ3) is 3.20. The van der Waals surface area contributed by atoms with Crippen molar-refractivity contribution in [2.45, 2.75) is 13.0 Å². The van der Waals surface area contributed by atoms with Crippen LogP contribution in [-0.4, -0.2) is 28.3 Å². The van der Waals surface area contributed by atoms with Crippen LogP contribution in [0.3, 0.4) is 0 Å². The van der Waals surface area contributed by atoms with Crippen LogP contribution in [0.1, 0.15) is 11.4 Å². The molecule has 0 spiro atoms. The van der Waals surface area contributed by atoms with E-state index >= 15 is 0 Å². The molecule has 108 valence electrons. The van der Waals surface area contributed by atoms with Crippen molar-refractivity contribution in [3.05, 3.63) is 60.0 Å². The van der Waals surface area contributed by atoms with Crippen LogP contribution >= 0.6 is 0 Å². The van der Waals surface area contributed by atoms with Gasteiger partial charge in [-0.25, -0.2) is 0 Å². The maximum Gasteiger partial charge on any atom is 0.160 e. The molecule has 21 heavy (non-hydrogen) atoms. The van der Waals surface area contributed by atoms with E-state index in [1.165, 1.54) is 5.56 Å². The highest BCUT2D eigenvalue weighted by molar-refractivity contribution is 5.37. The van der Waals surface area contributed by atoms with Gasteiger partial charge in [0, 0.05) is 25.7 Å². The number of aromatic nitrogens is 3. The van der Waals surface area contributed by atoms with Crippen molar-refractivity contribution in [3.63, 3.8) is 0 Å². The van der Waals surface area contributed by atoms with Gasteiger partial charge in [0.1, 0.15) is 11.6 Å². The number of rotatable bonds is 6. The van der Waals surface area contributed by atoms with Crippen molar-refractivity contribution in [1.29, 1.82) is 0 Å². The first-order valence-corrected chi connectivity index (χ1v) is 6.99. The van der Waals surface area contributed by atoms with E-state index in [9.17, 15) is 0 Å². The van der Waals surface area contributed by atoms with Crippen LogP contribution in [-0.2, 0) is 13.0 Å². The molecule has 0 radical (unpaired) electrons. The van der Waals surface area contributed by atoms with E-state index in [2.05, 4.69) is 27.6 Å². The van der Waals surface area contributed by atoms with Gasteiger partial charge in [-0.1, -0.05) is 18.2 Å². The number of benzene rings is 1. The minimum Gasteiger partial charge on any atom is -0.497 e. The van der Waals surface area contributed by atoms with Crippen molar-refractivity contribution in [3.8, 4) is 5.75 Å². The maximum atomic E-state index is 5.15. The molecule has 0 saturated carbocycles. The van der Waals surface area contributed by atoms with Crippen molar-refractivity contribution in [1.82, 2.24) is 19.9 Å². The number of fused-ring (bicyclic) bond motifs is 1. The van der Waals surface area contributed by atoms with Gasteiger partial charge in [-0.2, -0.15) is 0 Å². The average molecular weight is 282 g/mol. The number of hydrogen-bond donors (Lipinski definition) is 1. The number of nitrogens with one attached hydrogen (secondary N) is 1. The van der Waals surface area contributed by atoms with E-state index in [-0.39, 0.29) is 0 Å². The van der Waals surface area contributed by atoms with Gasteiger partial charge in [-0.05, 0) is 29.8 Å². The van der Waals surface area contributed by atoms with Gasteiger partial charge in [0.15, 0.2) is 5.65 Å². The fourth-order valence-corrected chi connectivity index (χ4v) is 2.24. The second-order valence-corrected chi connectivity index (χ2v) is 4.82. The molecule has 5 heteroatoms. The third-order valence-corrected chi connectivity index (χ3v) is 3.40. The topological polar surface area (TPSA) is 51.5 Å². The van der Waals surface area contributed by atoms with Crippen LogP contribution < -0.4 is 10.1 Å². The smallest absolute Gasteiger partial charge is 0.160 e. The number of nitrogens with zero attached hydrogens (tertiary/aromatic N) is 3. The molecular weight excluding hydrogens is 264 g/mol. The molecule has 0 aliphatic carbocycles. The molecule has 2 aromatic heterocycles. The Hall–Kier alpha value is -2.40. The molecule has 3 aromatic rings. The first-order chi connectivity index (χ1) is 10.4. The predicted molar refractivity (Wildman–Crippen MR) is 81.4 cm³/mol. The minimum atomic E-state index is 0.834. The van der Waals surface area contributed by atoms with Gasteiger partial charge in [-0.3, -0.25) is 4.40 Å². The van der Waals surface area contributed by atoms with Crippen LogP contribution in [0.25, 0.3) is 5.65 Å². The molecule has 1 N–H and O–H groups in total. The maximum absolute atomic E-state index is 5.15. The summed E-state index contributed by atoms with van der Waals surface area (Å²) >= 11 is 0. The molecule has 0 atom stereocenters. The van der Waals surface area contributed by atoms with E-state index in [1.807, 2.05) is 40.9 Å². The Morgan fingerprint density at radius 2 is 1.95 bits per heavy atom. The molecule has 2 heterocycles. The van der Waals surface area contributed by atoms with Gasteiger partial charge in [-0.15, -0.1) is 10.2 Å². The summed E-state index contributed by atoms with van der Waals surface area (Å²) in [5.41, 5.74) is 2.13. The summed E-state index contributed by atoms with van der Waals surface area (Å²) in [6, 6.07) is 14.0. The molecule has 5 nitrogen and oxygen atoms in total. The van der Waals surface area contributed by atoms with Gasteiger partial charge in [0.2, 0.25) is 0 Å². The molecule has 0 saturated heterocycles. The summed E-state index contributed by atoms with van der Waals surface area (Å²) in [4.78, 5) is 0. The number of hydrogen-bond acceptors (Lipinski definition) is 4. The highest BCUT2D eigenvalue weighted by Crippen LogP contribution is 2.11. The fourth-order valence-electron chi connectivity index (χ4n) is 2.24. The zero-order chi connectivity index (χ0) is 14.5. The largest absolute Gasteiger partial charge is 0.497 e. The minimum absolute atomic E-state index is 0.834. The van der Waals surface area contributed by atoms with E-state index in [1.54, 1.807) is 7.11 Å². The van der Waals surface area contributed by atoms with Gasteiger partial charge < -0.3 is 10.1 Å². The molecule has 1 aromatic carbocycles. The summed E-state index contributed by atoms with van der Waals surface area (Å²) in [6.07, 6.45) is 2.84. The molecule has 0 amide bonds. The Morgan fingerprint density at radius 3 is 2.76 bits per heavy atom. The monoisotopic (exact) mass is 282 g/mol. The Kier molecular flexibility index (Phi) is 4.12. The number of ether oxygens (including phenoxy) is 1. The van der Waals surface area contributed by atoms with Crippen molar-refractivity contribution in [2.24, 2.45) is 0 Å². The van der Waals surface area contributed by atoms with E-state index in [0.29, 0.717) is 0 Å². The van der Waals surface area contributed by atoms with Crippen molar-refractivity contribution >= 4 is 5.65 Å². The second-order valence-electron chi connectivity index (χ2n) is 4.82. The molecular formula is C16H18N4O. The highest BCUT2D eigenvalue weighted by Gasteiger charge is 2.03. The average Bonchev–Trinajstić information content (AvgIpc) is 2.95. The highest BCUT2D eigenvalue weighted by atomic mass is 16.5. The molecule has 0 aliphatic rings. The van der Waals surface area contributed by atoms with Crippen LogP contribution in [0.15, 0.2) is 48.7 Å². The lowest BCUT2D eigenvalue weighted by atomic mass is 10.2. The predicted octanol–water partition coefficient (Wildman–Crippen LogP) is 2.07. The lowest BCUT2D eigenvalue weighted by Crippen LogP contribution is -2.17. The van der Waals surface area contributed by atoms with Crippen LogP contribution in [0.4, 0.5) is 0 Å². The number of methoxy groups -OCH3 is 1. The lowest BCUT2D eigenvalue weighted by molar-refractivity contribution is 0.414. The third-order valence-electron chi connectivity index (χ3n) is 3.40. The van der Waals surface area contributed by atoms with E-state index in [0.717, 1.165) is 36.7 Å². The Balaban J connectivity index is 1.51. The van der Waals surface area contributed by atoms with Gasteiger partial charge in [0.05, 0.1) is 7.11 Å². The second kappa shape index (κ2) is 6.37. The van der Waals surface area contributed by atoms with Crippen LogP contribution in [0.5, 0.6) is 5.75 Å². The van der Waals surface area contributed by atoms with Crippen LogP contribution in [0.2, 0.25) is 0 Å².